The SMILES string of the molecule is COc1cc(C2(CO)CCN(C)C2)c(OC)cc1C. The molecule has 0 bridgehead atoms. The van der Waals surface area contributed by atoms with E-state index in [1.54, 1.807) is 14.2 Å². The molecule has 0 spiro atoms. The first-order valence-electron chi connectivity index (χ1n) is 6.59. The van der Waals surface area contributed by atoms with Gasteiger partial charge in [0.25, 0.3) is 0 Å². The molecule has 0 amide bonds. The number of methoxy groups -OCH3 is 2. The van der Waals surface area contributed by atoms with Gasteiger partial charge in [-0.15, -0.1) is 0 Å². The van der Waals surface area contributed by atoms with Crippen LogP contribution in [-0.2, 0) is 5.41 Å². The summed E-state index contributed by atoms with van der Waals surface area (Å²) in [5, 5.41) is 9.92. The van der Waals surface area contributed by atoms with Gasteiger partial charge in [-0.2, -0.15) is 0 Å². The summed E-state index contributed by atoms with van der Waals surface area (Å²) in [6, 6.07) is 4.01. The highest BCUT2D eigenvalue weighted by atomic mass is 16.5. The van der Waals surface area contributed by atoms with Crippen LogP contribution in [0.3, 0.4) is 0 Å². The Kier molecular flexibility index (Phi) is 4.02. The monoisotopic (exact) mass is 265 g/mol. The maximum absolute atomic E-state index is 9.92. The number of aryl methyl sites for hydroxylation is 1. The Labute approximate surface area is 114 Å². The van der Waals surface area contributed by atoms with E-state index in [4.69, 9.17) is 9.47 Å². The summed E-state index contributed by atoms with van der Waals surface area (Å²) < 4.78 is 10.9. The summed E-state index contributed by atoms with van der Waals surface area (Å²) in [4.78, 5) is 2.24. The topological polar surface area (TPSA) is 41.9 Å². The fraction of sp³-hybridized carbons (Fsp3) is 0.600. The summed E-state index contributed by atoms with van der Waals surface area (Å²) >= 11 is 0. The molecule has 1 aliphatic heterocycles. The highest BCUT2D eigenvalue weighted by Gasteiger charge is 2.40. The van der Waals surface area contributed by atoms with Crippen LogP contribution in [0.1, 0.15) is 17.5 Å². The average molecular weight is 265 g/mol. The minimum atomic E-state index is -0.249. The average Bonchev–Trinajstić information content (AvgIpc) is 2.81. The molecular formula is C15H23NO3. The number of likely N-dealkylation sites (N-methyl/N-ethyl adjacent to an activating group) is 1. The number of hydrogen-bond acceptors (Lipinski definition) is 4. The maximum atomic E-state index is 9.92. The molecule has 1 aromatic rings. The summed E-state index contributed by atoms with van der Waals surface area (Å²) in [5.74, 6) is 1.68. The minimum Gasteiger partial charge on any atom is -0.496 e. The highest BCUT2D eigenvalue weighted by molar-refractivity contribution is 5.50. The van der Waals surface area contributed by atoms with Gasteiger partial charge in [-0.25, -0.2) is 0 Å². The van der Waals surface area contributed by atoms with Crippen molar-refractivity contribution in [3.05, 3.63) is 23.3 Å². The number of aliphatic hydroxyl groups excluding tert-OH is 1. The number of ether oxygens (including phenoxy) is 2. The van der Waals surface area contributed by atoms with Crippen LogP contribution in [0.2, 0.25) is 0 Å². The van der Waals surface area contributed by atoms with E-state index in [9.17, 15) is 5.11 Å². The third-order valence-corrected chi connectivity index (χ3v) is 4.14. The Morgan fingerprint density at radius 1 is 1.26 bits per heavy atom. The summed E-state index contributed by atoms with van der Waals surface area (Å²) in [5.41, 5.74) is 1.84. The van der Waals surface area contributed by atoms with Crippen molar-refractivity contribution >= 4 is 0 Å². The second-order valence-electron chi connectivity index (χ2n) is 5.45. The van der Waals surface area contributed by atoms with Gasteiger partial charge in [0, 0.05) is 17.5 Å². The lowest BCUT2D eigenvalue weighted by Crippen LogP contribution is -2.34. The lowest BCUT2D eigenvalue weighted by atomic mass is 9.79. The zero-order valence-electron chi connectivity index (χ0n) is 12.2. The molecule has 4 heteroatoms. The lowest BCUT2D eigenvalue weighted by molar-refractivity contribution is 0.191. The molecule has 0 saturated carbocycles. The molecular weight excluding hydrogens is 242 g/mol. The van der Waals surface area contributed by atoms with E-state index < -0.39 is 0 Å². The number of nitrogens with zero attached hydrogens (tertiary/aromatic N) is 1. The Bertz CT molecular complexity index is 461. The van der Waals surface area contributed by atoms with Gasteiger partial charge in [0.1, 0.15) is 11.5 Å². The van der Waals surface area contributed by atoms with Gasteiger partial charge in [0.15, 0.2) is 0 Å². The predicted octanol–water partition coefficient (Wildman–Crippen LogP) is 1.58. The van der Waals surface area contributed by atoms with E-state index in [1.807, 2.05) is 19.1 Å². The zero-order chi connectivity index (χ0) is 14.0. The van der Waals surface area contributed by atoms with Gasteiger partial charge >= 0.3 is 0 Å². The third kappa shape index (κ3) is 2.42. The highest BCUT2D eigenvalue weighted by Crippen LogP contribution is 2.41. The molecule has 1 fully saturated rings. The van der Waals surface area contributed by atoms with Crippen molar-refractivity contribution in [2.45, 2.75) is 18.8 Å². The van der Waals surface area contributed by atoms with Gasteiger partial charge in [-0.1, -0.05) is 0 Å². The first kappa shape index (κ1) is 14.2. The zero-order valence-corrected chi connectivity index (χ0v) is 12.2. The standard InChI is InChI=1S/C15H23NO3/c1-11-7-14(19-4)12(8-13(11)18-3)15(10-17)5-6-16(2)9-15/h7-8,17H,5-6,9-10H2,1-4H3. The van der Waals surface area contributed by atoms with Crippen LogP contribution in [-0.4, -0.2) is 51.0 Å². The van der Waals surface area contributed by atoms with Crippen molar-refractivity contribution in [1.29, 1.82) is 0 Å². The van der Waals surface area contributed by atoms with E-state index in [-0.39, 0.29) is 12.0 Å². The summed E-state index contributed by atoms with van der Waals surface area (Å²) in [6.45, 7) is 3.95. The molecule has 1 heterocycles. The van der Waals surface area contributed by atoms with E-state index in [2.05, 4.69) is 11.9 Å². The molecule has 19 heavy (non-hydrogen) atoms. The largest absolute Gasteiger partial charge is 0.496 e. The minimum absolute atomic E-state index is 0.125. The smallest absolute Gasteiger partial charge is 0.123 e. The number of hydrogen-bond donors (Lipinski definition) is 1. The van der Waals surface area contributed by atoms with Gasteiger partial charge in [0.05, 0.1) is 20.8 Å². The van der Waals surface area contributed by atoms with Crippen LogP contribution in [0.15, 0.2) is 12.1 Å². The molecule has 1 aromatic carbocycles. The number of benzene rings is 1. The maximum Gasteiger partial charge on any atom is 0.123 e. The van der Waals surface area contributed by atoms with Gasteiger partial charge in [0.2, 0.25) is 0 Å². The Balaban J connectivity index is 2.53. The third-order valence-electron chi connectivity index (χ3n) is 4.14. The molecule has 1 unspecified atom stereocenters. The van der Waals surface area contributed by atoms with Crippen LogP contribution in [0, 0.1) is 6.92 Å². The van der Waals surface area contributed by atoms with E-state index in [1.165, 1.54) is 0 Å². The van der Waals surface area contributed by atoms with E-state index in [0.29, 0.717) is 0 Å². The van der Waals surface area contributed by atoms with Gasteiger partial charge in [-0.3, -0.25) is 0 Å². The van der Waals surface area contributed by atoms with Crippen molar-refractivity contribution in [2.24, 2.45) is 0 Å². The number of aliphatic hydroxyl groups is 1. The number of rotatable bonds is 4. The van der Waals surface area contributed by atoms with Crippen molar-refractivity contribution in [3.63, 3.8) is 0 Å². The normalized spacial score (nSPS) is 23.6. The second kappa shape index (κ2) is 5.39. The molecule has 1 N–H and O–H groups in total. The van der Waals surface area contributed by atoms with Crippen LogP contribution < -0.4 is 9.47 Å². The molecule has 0 aliphatic carbocycles. The van der Waals surface area contributed by atoms with E-state index >= 15 is 0 Å². The van der Waals surface area contributed by atoms with E-state index in [0.717, 1.165) is 42.1 Å². The molecule has 1 aliphatic rings. The molecule has 1 atom stereocenters. The first-order valence-corrected chi connectivity index (χ1v) is 6.59. The van der Waals surface area contributed by atoms with Crippen molar-refractivity contribution in [1.82, 2.24) is 4.90 Å². The lowest BCUT2D eigenvalue weighted by Gasteiger charge is -2.29. The van der Waals surface area contributed by atoms with Crippen molar-refractivity contribution in [2.75, 3.05) is 41.0 Å². The molecule has 2 rings (SSSR count). The molecule has 0 radical (unpaired) electrons. The molecule has 0 aromatic heterocycles. The van der Waals surface area contributed by atoms with Gasteiger partial charge in [-0.05, 0) is 44.6 Å². The van der Waals surface area contributed by atoms with Crippen molar-refractivity contribution in [3.8, 4) is 11.5 Å². The fourth-order valence-corrected chi connectivity index (χ4v) is 2.98. The Morgan fingerprint density at radius 2 is 1.95 bits per heavy atom. The van der Waals surface area contributed by atoms with Gasteiger partial charge < -0.3 is 19.5 Å². The van der Waals surface area contributed by atoms with Crippen LogP contribution in [0.25, 0.3) is 0 Å². The van der Waals surface area contributed by atoms with Crippen LogP contribution in [0.5, 0.6) is 11.5 Å². The summed E-state index contributed by atoms with van der Waals surface area (Å²) in [6.07, 6.45) is 0.933. The first-order chi connectivity index (χ1) is 9.06. The quantitative estimate of drug-likeness (QED) is 0.897. The number of likely N-dealkylation sites (tertiary alicyclic amines) is 1. The molecule has 106 valence electrons. The molecule has 1 saturated heterocycles. The van der Waals surface area contributed by atoms with Crippen molar-refractivity contribution < 1.29 is 14.6 Å². The fourth-order valence-electron chi connectivity index (χ4n) is 2.98. The predicted molar refractivity (Wildman–Crippen MR) is 75.2 cm³/mol. The molecule has 4 nitrogen and oxygen atoms in total. The Hall–Kier alpha value is -1.26. The van der Waals surface area contributed by atoms with Crippen LogP contribution in [0.4, 0.5) is 0 Å². The Morgan fingerprint density at radius 3 is 2.42 bits per heavy atom. The summed E-state index contributed by atoms with van der Waals surface area (Å²) in [7, 11) is 5.43. The second-order valence-corrected chi connectivity index (χ2v) is 5.45. The van der Waals surface area contributed by atoms with Crippen LogP contribution >= 0.6 is 0 Å².